The van der Waals surface area contributed by atoms with Gasteiger partial charge in [0.2, 0.25) is 0 Å². The van der Waals surface area contributed by atoms with Gasteiger partial charge in [-0.2, -0.15) is 0 Å². The van der Waals surface area contributed by atoms with Crippen LogP contribution in [0.5, 0.6) is 5.75 Å². The molecule has 2 aromatic carbocycles. The number of ether oxygens (including phenoxy) is 1. The summed E-state index contributed by atoms with van der Waals surface area (Å²) in [5.74, 6) is -1.38. The van der Waals surface area contributed by atoms with E-state index in [9.17, 15) is 13.9 Å². The number of halogens is 3. The lowest BCUT2D eigenvalue weighted by Gasteiger charge is -2.14. The number of hydrogen-bond acceptors (Lipinski definition) is 2. The molecule has 106 valence electrons. The topological polar surface area (TPSA) is 29.5 Å². The number of benzene rings is 2. The Labute approximate surface area is 124 Å². The van der Waals surface area contributed by atoms with Crippen LogP contribution < -0.4 is 4.74 Å². The molecule has 0 saturated carbocycles. The molecule has 0 spiro atoms. The molecule has 20 heavy (non-hydrogen) atoms. The molecule has 0 radical (unpaired) electrons. The maximum absolute atomic E-state index is 13.5. The molecule has 0 aliphatic rings. The van der Waals surface area contributed by atoms with Crippen LogP contribution in [0.1, 0.15) is 24.2 Å². The summed E-state index contributed by atoms with van der Waals surface area (Å²) in [7, 11) is 0. The summed E-state index contributed by atoms with van der Waals surface area (Å²) in [4.78, 5) is 0. The van der Waals surface area contributed by atoms with Crippen molar-refractivity contribution in [3.05, 3.63) is 63.6 Å². The normalized spacial score (nSPS) is 12.2. The molecular formula is C15H13BrF2O2. The van der Waals surface area contributed by atoms with Gasteiger partial charge >= 0.3 is 0 Å². The Bertz CT molecular complexity index is 615. The fourth-order valence-corrected chi connectivity index (χ4v) is 2.17. The maximum Gasteiger partial charge on any atom is 0.165 e. The smallest absolute Gasteiger partial charge is 0.165 e. The van der Waals surface area contributed by atoms with E-state index in [-0.39, 0.29) is 12.2 Å². The van der Waals surface area contributed by atoms with Gasteiger partial charge in [0.15, 0.2) is 11.6 Å². The first-order chi connectivity index (χ1) is 9.49. The van der Waals surface area contributed by atoms with Gasteiger partial charge in [-0.25, -0.2) is 8.78 Å². The highest BCUT2D eigenvalue weighted by molar-refractivity contribution is 9.10. The zero-order valence-electron chi connectivity index (χ0n) is 10.7. The summed E-state index contributed by atoms with van der Waals surface area (Å²) in [6, 6.07) is 9.09. The summed E-state index contributed by atoms with van der Waals surface area (Å²) in [6.45, 7) is 1.50. The molecule has 0 aliphatic heterocycles. The van der Waals surface area contributed by atoms with Crippen LogP contribution in [0.3, 0.4) is 0 Å². The lowest BCUT2D eigenvalue weighted by Crippen LogP contribution is -2.03. The van der Waals surface area contributed by atoms with E-state index in [1.165, 1.54) is 12.1 Å². The van der Waals surface area contributed by atoms with Crippen molar-refractivity contribution in [2.24, 2.45) is 0 Å². The second kappa shape index (κ2) is 6.33. The van der Waals surface area contributed by atoms with Crippen LogP contribution >= 0.6 is 15.9 Å². The quantitative estimate of drug-likeness (QED) is 0.894. The Kier molecular flexibility index (Phi) is 4.73. The maximum atomic E-state index is 13.5. The fraction of sp³-hybridized carbons (Fsp3) is 0.200. The van der Waals surface area contributed by atoms with Crippen molar-refractivity contribution >= 4 is 15.9 Å². The minimum Gasteiger partial charge on any atom is -0.488 e. The van der Waals surface area contributed by atoms with Gasteiger partial charge < -0.3 is 9.84 Å². The molecular weight excluding hydrogens is 330 g/mol. The van der Waals surface area contributed by atoms with Gasteiger partial charge in [0, 0.05) is 15.6 Å². The van der Waals surface area contributed by atoms with Crippen molar-refractivity contribution in [3.8, 4) is 5.75 Å². The Morgan fingerprint density at radius 2 is 2.00 bits per heavy atom. The number of aliphatic hydroxyl groups is 1. The van der Waals surface area contributed by atoms with Crippen LogP contribution in [-0.2, 0) is 6.61 Å². The molecule has 1 N–H and O–H groups in total. The van der Waals surface area contributed by atoms with Crippen molar-refractivity contribution in [2.45, 2.75) is 19.6 Å². The average molecular weight is 343 g/mol. The molecule has 2 nitrogen and oxygen atoms in total. The van der Waals surface area contributed by atoms with Crippen LogP contribution in [-0.4, -0.2) is 5.11 Å². The molecule has 1 unspecified atom stereocenters. The lowest BCUT2D eigenvalue weighted by atomic mass is 10.1. The van der Waals surface area contributed by atoms with Crippen LogP contribution in [0.4, 0.5) is 8.78 Å². The van der Waals surface area contributed by atoms with E-state index in [1.807, 2.05) is 0 Å². The first kappa shape index (κ1) is 14.9. The van der Waals surface area contributed by atoms with Gasteiger partial charge in [0.25, 0.3) is 0 Å². The minimum absolute atomic E-state index is 0.106. The molecule has 0 aliphatic carbocycles. The van der Waals surface area contributed by atoms with Gasteiger partial charge in [-0.1, -0.05) is 28.1 Å². The summed E-state index contributed by atoms with van der Waals surface area (Å²) in [5, 5.41) is 9.69. The number of aliphatic hydroxyl groups excluding tert-OH is 1. The third-order valence-corrected chi connectivity index (χ3v) is 3.33. The number of rotatable bonds is 4. The van der Waals surface area contributed by atoms with Gasteiger partial charge in [0.05, 0.1) is 6.10 Å². The Morgan fingerprint density at radius 1 is 1.25 bits per heavy atom. The highest BCUT2D eigenvalue weighted by Crippen LogP contribution is 2.29. The molecule has 0 heterocycles. The van der Waals surface area contributed by atoms with E-state index in [1.54, 1.807) is 25.1 Å². The highest BCUT2D eigenvalue weighted by atomic mass is 79.9. The van der Waals surface area contributed by atoms with Crippen molar-refractivity contribution in [3.63, 3.8) is 0 Å². The van der Waals surface area contributed by atoms with Gasteiger partial charge in [-0.15, -0.1) is 0 Å². The number of hydrogen-bond donors (Lipinski definition) is 1. The second-order valence-corrected chi connectivity index (χ2v) is 5.28. The molecule has 0 bridgehead atoms. The van der Waals surface area contributed by atoms with Crippen LogP contribution in [0.2, 0.25) is 0 Å². The first-order valence-corrected chi connectivity index (χ1v) is 6.81. The monoisotopic (exact) mass is 342 g/mol. The second-order valence-electron chi connectivity index (χ2n) is 4.36. The van der Waals surface area contributed by atoms with Gasteiger partial charge in [-0.05, 0) is 31.2 Å². The summed E-state index contributed by atoms with van der Waals surface area (Å²) in [6.07, 6.45) is -0.722. The molecule has 0 fully saturated rings. The van der Waals surface area contributed by atoms with Crippen LogP contribution in [0.15, 0.2) is 40.9 Å². The third kappa shape index (κ3) is 3.35. The van der Waals surface area contributed by atoms with Crippen molar-refractivity contribution in [1.82, 2.24) is 0 Å². The van der Waals surface area contributed by atoms with Crippen molar-refractivity contribution in [1.29, 1.82) is 0 Å². The standard InChI is InChI=1S/C15H13BrF2O2/c1-9(19)12-7-11(16)5-6-14(12)20-8-10-3-2-4-13(17)15(10)18/h2-7,9,19H,8H2,1H3. The van der Waals surface area contributed by atoms with Crippen molar-refractivity contribution < 1.29 is 18.6 Å². The molecule has 0 aromatic heterocycles. The lowest BCUT2D eigenvalue weighted by molar-refractivity contribution is 0.189. The highest BCUT2D eigenvalue weighted by Gasteiger charge is 2.12. The van der Waals surface area contributed by atoms with E-state index in [0.29, 0.717) is 11.3 Å². The van der Waals surface area contributed by atoms with E-state index >= 15 is 0 Å². The largest absolute Gasteiger partial charge is 0.488 e. The van der Waals surface area contributed by atoms with Gasteiger partial charge in [-0.3, -0.25) is 0 Å². The zero-order chi connectivity index (χ0) is 14.7. The summed E-state index contributed by atoms with van der Waals surface area (Å²) >= 11 is 3.31. The van der Waals surface area contributed by atoms with Crippen LogP contribution in [0, 0.1) is 11.6 Å². The van der Waals surface area contributed by atoms with E-state index in [0.717, 1.165) is 10.5 Å². The first-order valence-electron chi connectivity index (χ1n) is 6.02. The molecule has 5 heteroatoms. The Hall–Kier alpha value is -1.46. The van der Waals surface area contributed by atoms with E-state index in [2.05, 4.69) is 15.9 Å². The summed E-state index contributed by atoms with van der Waals surface area (Å²) in [5.41, 5.74) is 0.709. The molecule has 2 rings (SSSR count). The molecule has 2 aromatic rings. The third-order valence-electron chi connectivity index (χ3n) is 2.84. The Balaban J connectivity index is 2.21. The van der Waals surface area contributed by atoms with Crippen LogP contribution in [0.25, 0.3) is 0 Å². The summed E-state index contributed by atoms with van der Waals surface area (Å²) < 4.78 is 32.9. The molecule has 1 atom stereocenters. The predicted molar refractivity (Wildman–Crippen MR) is 75.5 cm³/mol. The predicted octanol–water partition coefficient (Wildman–Crippen LogP) is 4.36. The van der Waals surface area contributed by atoms with E-state index < -0.39 is 17.7 Å². The SMILES string of the molecule is CC(O)c1cc(Br)ccc1OCc1cccc(F)c1F. The van der Waals surface area contributed by atoms with Gasteiger partial charge in [0.1, 0.15) is 12.4 Å². The fourth-order valence-electron chi connectivity index (χ4n) is 1.79. The zero-order valence-corrected chi connectivity index (χ0v) is 12.3. The van der Waals surface area contributed by atoms with E-state index in [4.69, 9.17) is 4.74 Å². The van der Waals surface area contributed by atoms with Crippen molar-refractivity contribution in [2.75, 3.05) is 0 Å². The molecule has 0 amide bonds. The molecule has 0 saturated heterocycles. The average Bonchev–Trinajstić information content (AvgIpc) is 2.41. The Morgan fingerprint density at radius 3 is 2.70 bits per heavy atom. The minimum atomic E-state index is -0.914.